The summed E-state index contributed by atoms with van der Waals surface area (Å²) >= 11 is 6.03. The van der Waals surface area contributed by atoms with E-state index in [2.05, 4.69) is 18.0 Å². The van der Waals surface area contributed by atoms with Crippen molar-refractivity contribution in [1.82, 2.24) is 4.98 Å². The minimum atomic E-state index is 0.593. The van der Waals surface area contributed by atoms with Crippen LogP contribution >= 0.6 is 11.6 Å². The number of aromatic nitrogens is 1. The van der Waals surface area contributed by atoms with Crippen LogP contribution in [0.5, 0.6) is 5.75 Å². The first kappa shape index (κ1) is 10.2. The number of hydrogen-bond donors (Lipinski definition) is 0. The second-order valence-corrected chi connectivity index (χ2v) is 3.71. The molecule has 1 aromatic carbocycles. The summed E-state index contributed by atoms with van der Waals surface area (Å²) < 4.78 is 5.17. The van der Waals surface area contributed by atoms with E-state index >= 15 is 0 Å². The van der Waals surface area contributed by atoms with Gasteiger partial charge in [-0.15, -0.1) is 0 Å². The number of hydrogen-bond acceptors (Lipinski definition) is 2. The highest BCUT2D eigenvalue weighted by Gasteiger charge is 2.03. The molecule has 0 atom stereocenters. The fourth-order valence-corrected chi connectivity index (χ4v) is 1.83. The molecule has 1 heterocycles. The van der Waals surface area contributed by atoms with E-state index in [9.17, 15) is 0 Å². The van der Waals surface area contributed by atoms with Crippen molar-refractivity contribution in [3.63, 3.8) is 0 Å². The summed E-state index contributed by atoms with van der Waals surface area (Å²) in [6.45, 7) is 2.06. The summed E-state index contributed by atoms with van der Waals surface area (Å²) in [5, 5.41) is 1.66. The van der Waals surface area contributed by atoms with Gasteiger partial charge in [0.05, 0.1) is 12.6 Å². The van der Waals surface area contributed by atoms with Crippen molar-refractivity contribution in [3.8, 4) is 5.75 Å². The van der Waals surface area contributed by atoms with E-state index in [1.807, 2.05) is 18.2 Å². The average Bonchev–Trinajstić information content (AvgIpc) is 2.27. The van der Waals surface area contributed by atoms with Gasteiger partial charge in [0.1, 0.15) is 10.9 Å². The van der Waals surface area contributed by atoms with Crippen LogP contribution in [-0.2, 0) is 6.42 Å². The second-order valence-electron chi connectivity index (χ2n) is 3.35. The molecule has 0 unspecified atom stereocenters. The minimum Gasteiger partial charge on any atom is -0.497 e. The first-order chi connectivity index (χ1) is 7.24. The fraction of sp³-hybridized carbons (Fsp3) is 0.250. The Labute approximate surface area is 93.8 Å². The Kier molecular flexibility index (Phi) is 2.78. The molecule has 2 nitrogen and oxygen atoms in total. The SMILES string of the molecule is CCc1cc2cc(OC)ccc2nc1Cl. The summed E-state index contributed by atoms with van der Waals surface area (Å²) in [7, 11) is 1.66. The quantitative estimate of drug-likeness (QED) is 0.725. The Bertz CT molecular complexity index is 496. The van der Waals surface area contributed by atoms with Crippen molar-refractivity contribution >= 4 is 22.5 Å². The van der Waals surface area contributed by atoms with Gasteiger partial charge in [-0.25, -0.2) is 4.98 Å². The largest absolute Gasteiger partial charge is 0.497 e. The smallest absolute Gasteiger partial charge is 0.132 e. The van der Waals surface area contributed by atoms with Crippen LogP contribution in [0.15, 0.2) is 24.3 Å². The highest BCUT2D eigenvalue weighted by Crippen LogP contribution is 2.24. The van der Waals surface area contributed by atoms with Gasteiger partial charge in [0.2, 0.25) is 0 Å². The first-order valence-corrected chi connectivity index (χ1v) is 5.25. The Morgan fingerprint density at radius 3 is 2.80 bits per heavy atom. The third-order valence-corrected chi connectivity index (χ3v) is 2.76. The van der Waals surface area contributed by atoms with E-state index in [0.717, 1.165) is 28.6 Å². The van der Waals surface area contributed by atoms with Gasteiger partial charge in [-0.2, -0.15) is 0 Å². The Hall–Kier alpha value is -1.28. The van der Waals surface area contributed by atoms with E-state index in [-0.39, 0.29) is 0 Å². The molecule has 78 valence electrons. The highest BCUT2D eigenvalue weighted by molar-refractivity contribution is 6.30. The zero-order chi connectivity index (χ0) is 10.8. The maximum atomic E-state index is 6.03. The topological polar surface area (TPSA) is 22.1 Å². The first-order valence-electron chi connectivity index (χ1n) is 4.87. The molecule has 0 aliphatic carbocycles. The summed E-state index contributed by atoms with van der Waals surface area (Å²) in [5.41, 5.74) is 1.97. The van der Waals surface area contributed by atoms with Gasteiger partial charge < -0.3 is 4.74 Å². The predicted molar refractivity (Wildman–Crippen MR) is 62.7 cm³/mol. The van der Waals surface area contributed by atoms with E-state index in [1.54, 1.807) is 7.11 Å². The van der Waals surface area contributed by atoms with Crippen LogP contribution in [0.2, 0.25) is 5.15 Å². The van der Waals surface area contributed by atoms with Crippen LogP contribution in [0.3, 0.4) is 0 Å². The maximum absolute atomic E-state index is 6.03. The van der Waals surface area contributed by atoms with Crippen molar-refractivity contribution in [3.05, 3.63) is 35.0 Å². The lowest BCUT2D eigenvalue weighted by Gasteiger charge is -2.05. The highest BCUT2D eigenvalue weighted by atomic mass is 35.5. The maximum Gasteiger partial charge on any atom is 0.132 e. The summed E-state index contributed by atoms with van der Waals surface area (Å²) in [6.07, 6.45) is 0.888. The Balaban J connectivity index is 2.66. The summed E-state index contributed by atoms with van der Waals surface area (Å²) in [6, 6.07) is 7.84. The van der Waals surface area contributed by atoms with Crippen LogP contribution < -0.4 is 4.74 Å². The number of fused-ring (bicyclic) bond motifs is 1. The number of pyridine rings is 1. The van der Waals surface area contributed by atoms with Gasteiger partial charge in [0, 0.05) is 5.39 Å². The van der Waals surface area contributed by atoms with Crippen LogP contribution in [0.1, 0.15) is 12.5 Å². The number of halogens is 1. The molecule has 0 radical (unpaired) electrons. The molecule has 3 heteroatoms. The normalized spacial score (nSPS) is 10.6. The van der Waals surface area contributed by atoms with Gasteiger partial charge in [0.25, 0.3) is 0 Å². The minimum absolute atomic E-state index is 0.593. The molecule has 0 N–H and O–H groups in total. The van der Waals surface area contributed by atoms with Crippen molar-refractivity contribution in [2.45, 2.75) is 13.3 Å². The van der Waals surface area contributed by atoms with Crippen molar-refractivity contribution in [2.24, 2.45) is 0 Å². The number of benzene rings is 1. The van der Waals surface area contributed by atoms with E-state index < -0.39 is 0 Å². The molecule has 0 aliphatic heterocycles. The lowest BCUT2D eigenvalue weighted by Crippen LogP contribution is -1.89. The van der Waals surface area contributed by atoms with E-state index in [0.29, 0.717) is 5.15 Å². The zero-order valence-electron chi connectivity index (χ0n) is 8.75. The van der Waals surface area contributed by atoms with Crippen LogP contribution in [-0.4, -0.2) is 12.1 Å². The van der Waals surface area contributed by atoms with Gasteiger partial charge >= 0.3 is 0 Å². The number of rotatable bonds is 2. The Morgan fingerprint density at radius 1 is 1.33 bits per heavy atom. The molecular weight excluding hydrogens is 210 g/mol. The molecule has 0 bridgehead atoms. The molecular formula is C12H12ClNO. The molecule has 0 amide bonds. The number of aryl methyl sites for hydroxylation is 1. The third-order valence-electron chi connectivity index (χ3n) is 2.43. The molecule has 2 aromatic rings. The third kappa shape index (κ3) is 1.90. The molecule has 2 rings (SSSR count). The fourth-order valence-electron chi connectivity index (χ4n) is 1.55. The van der Waals surface area contributed by atoms with Crippen molar-refractivity contribution < 1.29 is 4.74 Å². The molecule has 0 saturated carbocycles. The number of ether oxygens (including phenoxy) is 1. The molecule has 1 aromatic heterocycles. The second kappa shape index (κ2) is 4.07. The van der Waals surface area contributed by atoms with E-state index in [4.69, 9.17) is 16.3 Å². The monoisotopic (exact) mass is 221 g/mol. The number of methoxy groups -OCH3 is 1. The average molecular weight is 222 g/mol. The van der Waals surface area contributed by atoms with Crippen LogP contribution in [0, 0.1) is 0 Å². The van der Waals surface area contributed by atoms with Crippen molar-refractivity contribution in [2.75, 3.05) is 7.11 Å². The summed E-state index contributed by atoms with van der Waals surface area (Å²) in [5.74, 6) is 0.841. The lowest BCUT2D eigenvalue weighted by molar-refractivity contribution is 0.415. The predicted octanol–water partition coefficient (Wildman–Crippen LogP) is 3.46. The van der Waals surface area contributed by atoms with Crippen LogP contribution in [0.4, 0.5) is 0 Å². The molecule has 0 spiro atoms. The summed E-state index contributed by atoms with van der Waals surface area (Å²) in [4.78, 5) is 4.33. The van der Waals surface area contributed by atoms with Gasteiger partial charge in [0.15, 0.2) is 0 Å². The number of nitrogens with zero attached hydrogens (tertiary/aromatic N) is 1. The van der Waals surface area contributed by atoms with Crippen LogP contribution in [0.25, 0.3) is 10.9 Å². The van der Waals surface area contributed by atoms with E-state index in [1.165, 1.54) is 0 Å². The standard InChI is InChI=1S/C12H12ClNO/c1-3-8-6-9-7-10(15-2)4-5-11(9)14-12(8)13/h4-7H,3H2,1-2H3. The van der Waals surface area contributed by atoms with Gasteiger partial charge in [-0.1, -0.05) is 18.5 Å². The van der Waals surface area contributed by atoms with Gasteiger partial charge in [-0.05, 0) is 36.2 Å². The molecule has 0 fully saturated rings. The zero-order valence-corrected chi connectivity index (χ0v) is 9.51. The Morgan fingerprint density at radius 2 is 2.13 bits per heavy atom. The molecule has 0 aliphatic rings. The molecule has 15 heavy (non-hydrogen) atoms. The van der Waals surface area contributed by atoms with Crippen molar-refractivity contribution in [1.29, 1.82) is 0 Å². The molecule has 0 saturated heterocycles. The van der Waals surface area contributed by atoms with Gasteiger partial charge in [-0.3, -0.25) is 0 Å². The lowest BCUT2D eigenvalue weighted by atomic mass is 10.1.